The Hall–Kier alpha value is -2.40. The Bertz CT molecular complexity index is 676. The normalized spacial score (nSPS) is 10.9. The van der Waals surface area contributed by atoms with Crippen LogP contribution in [0, 0.1) is 0 Å². The lowest BCUT2D eigenvalue weighted by Gasteiger charge is -2.12. The molecule has 1 heterocycles. The van der Waals surface area contributed by atoms with Gasteiger partial charge >= 0.3 is 0 Å². The molecule has 114 valence electrons. The minimum absolute atomic E-state index is 0.0370. The predicted molar refractivity (Wildman–Crippen MR) is 91.0 cm³/mol. The van der Waals surface area contributed by atoms with Gasteiger partial charge in [0.25, 0.3) is 5.91 Å². The van der Waals surface area contributed by atoms with E-state index in [0.29, 0.717) is 11.3 Å². The van der Waals surface area contributed by atoms with Crippen molar-refractivity contribution in [3.05, 3.63) is 58.3 Å². The fourth-order valence-electron chi connectivity index (χ4n) is 1.85. The van der Waals surface area contributed by atoms with Gasteiger partial charge in [0, 0.05) is 17.0 Å². The first-order valence-corrected chi connectivity index (χ1v) is 7.86. The van der Waals surface area contributed by atoms with Crippen molar-refractivity contribution in [3.63, 3.8) is 0 Å². The highest BCUT2D eigenvalue weighted by Crippen LogP contribution is 2.16. The number of amides is 2. The van der Waals surface area contributed by atoms with Gasteiger partial charge in [0.2, 0.25) is 5.91 Å². The van der Waals surface area contributed by atoms with Crippen LogP contribution < -0.4 is 10.6 Å². The predicted octanol–water partition coefficient (Wildman–Crippen LogP) is 3.54. The maximum Gasteiger partial charge on any atom is 0.253 e. The molecule has 0 bridgehead atoms. The summed E-state index contributed by atoms with van der Waals surface area (Å²) < 4.78 is 0. The highest BCUT2D eigenvalue weighted by molar-refractivity contribution is 7.10. The van der Waals surface area contributed by atoms with E-state index in [9.17, 15) is 9.59 Å². The molecule has 1 aromatic carbocycles. The fourth-order valence-corrected chi connectivity index (χ4v) is 2.47. The van der Waals surface area contributed by atoms with Gasteiger partial charge in [-0.15, -0.1) is 11.3 Å². The summed E-state index contributed by atoms with van der Waals surface area (Å²) in [6.07, 6.45) is 3.21. The molecular formula is C17H18N2O2S. The van der Waals surface area contributed by atoms with Crippen LogP contribution in [0.25, 0.3) is 6.08 Å². The van der Waals surface area contributed by atoms with Gasteiger partial charge in [-0.3, -0.25) is 9.59 Å². The molecule has 0 fully saturated rings. The van der Waals surface area contributed by atoms with Crippen molar-refractivity contribution in [1.29, 1.82) is 0 Å². The average molecular weight is 314 g/mol. The molecule has 4 nitrogen and oxygen atoms in total. The molecule has 0 saturated carbocycles. The summed E-state index contributed by atoms with van der Waals surface area (Å²) in [7, 11) is 0. The van der Waals surface area contributed by atoms with Gasteiger partial charge in [0.15, 0.2) is 0 Å². The van der Waals surface area contributed by atoms with Gasteiger partial charge in [-0.05, 0) is 43.5 Å². The van der Waals surface area contributed by atoms with Crippen LogP contribution in [-0.2, 0) is 4.79 Å². The minimum Gasteiger partial charge on any atom is -0.350 e. The number of carbonyl (C=O) groups is 2. The number of anilines is 1. The van der Waals surface area contributed by atoms with Crippen LogP contribution in [-0.4, -0.2) is 17.9 Å². The smallest absolute Gasteiger partial charge is 0.253 e. The number of hydrogen-bond acceptors (Lipinski definition) is 3. The Morgan fingerprint density at radius 2 is 1.91 bits per heavy atom. The first-order valence-electron chi connectivity index (χ1n) is 6.98. The third-order valence-corrected chi connectivity index (χ3v) is 3.63. The highest BCUT2D eigenvalue weighted by Gasteiger charge is 2.12. The van der Waals surface area contributed by atoms with E-state index in [1.54, 1.807) is 41.7 Å². The molecule has 0 spiro atoms. The molecule has 0 radical (unpaired) electrons. The van der Waals surface area contributed by atoms with Gasteiger partial charge in [0.05, 0.1) is 11.3 Å². The summed E-state index contributed by atoms with van der Waals surface area (Å²) in [6, 6.07) is 10.8. The molecule has 22 heavy (non-hydrogen) atoms. The largest absolute Gasteiger partial charge is 0.350 e. The number of hydrogen-bond donors (Lipinski definition) is 2. The van der Waals surface area contributed by atoms with E-state index in [1.165, 1.54) is 6.08 Å². The monoisotopic (exact) mass is 314 g/mol. The van der Waals surface area contributed by atoms with E-state index in [-0.39, 0.29) is 17.9 Å². The zero-order valence-electron chi connectivity index (χ0n) is 12.5. The molecule has 2 aromatic rings. The van der Waals surface area contributed by atoms with Gasteiger partial charge < -0.3 is 10.6 Å². The number of benzene rings is 1. The number of rotatable bonds is 5. The van der Waals surface area contributed by atoms with E-state index in [4.69, 9.17) is 0 Å². The van der Waals surface area contributed by atoms with Crippen LogP contribution in [0.2, 0.25) is 0 Å². The zero-order valence-corrected chi connectivity index (χ0v) is 13.3. The van der Waals surface area contributed by atoms with Crippen LogP contribution in [0.15, 0.2) is 47.9 Å². The second-order valence-electron chi connectivity index (χ2n) is 5.01. The van der Waals surface area contributed by atoms with Crippen molar-refractivity contribution in [3.8, 4) is 0 Å². The van der Waals surface area contributed by atoms with E-state index in [2.05, 4.69) is 10.6 Å². The Labute approximate surface area is 133 Å². The van der Waals surface area contributed by atoms with Gasteiger partial charge in [-0.25, -0.2) is 0 Å². The first kappa shape index (κ1) is 16.0. The standard InChI is InChI=1S/C17H18N2O2S/c1-12(2)18-17(21)14-7-3-4-8-15(14)19-16(20)10-9-13-6-5-11-22-13/h3-12H,1-2H3,(H,18,21)(H,19,20)/b10-9+. The molecule has 2 N–H and O–H groups in total. The zero-order chi connectivity index (χ0) is 15.9. The second kappa shape index (κ2) is 7.56. The Morgan fingerprint density at radius 3 is 2.59 bits per heavy atom. The number of carbonyl (C=O) groups excluding carboxylic acids is 2. The van der Waals surface area contributed by atoms with Crippen molar-refractivity contribution in [1.82, 2.24) is 5.32 Å². The Balaban J connectivity index is 2.09. The topological polar surface area (TPSA) is 58.2 Å². The van der Waals surface area contributed by atoms with Crippen LogP contribution in [0.3, 0.4) is 0 Å². The molecule has 0 aliphatic carbocycles. The van der Waals surface area contributed by atoms with E-state index in [1.807, 2.05) is 31.4 Å². The van der Waals surface area contributed by atoms with Gasteiger partial charge in [-0.1, -0.05) is 18.2 Å². The summed E-state index contributed by atoms with van der Waals surface area (Å²) in [5.41, 5.74) is 0.954. The number of para-hydroxylation sites is 1. The molecular weight excluding hydrogens is 296 g/mol. The van der Waals surface area contributed by atoms with Crippen molar-refractivity contribution in [2.45, 2.75) is 19.9 Å². The quantitative estimate of drug-likeness (QED) is 0.829. The molecule has 0 aliphatic heterocycles. The van der Waals surface area contributed by atoms with Crippen molar-refractivity contribution < 1.29 is 9.59 Å². The Kier molecular flexibility index (Phi) is 5.49. The second-order valence-corrected chi connectivity index (χ2v) is 5.99. The van der Waals surface area contributed by atoms with E-state index >= 15 is 0 Å². The molecule has 2 amide bonds. The number of nitrogens with one attached hydrogen (secondary N) is 2. The molecule has 0 aliphatic rings. The van der Waals surface area contributed by atoms with Crippen molar-refractivity contribution in [2.75, 3.05) is 5.32 Å². The minimum atomic E-state index is -0.266. The third-order valence-electron chi connectivity index (χ3n) is 2.79. The third kappa shape index (κ3) is 4.56. The lowest BCUT2D eigenvalue weighted by molar-refractivity contribution is -0.111. The van der Waals surface area contributed by atoms with Gasteiger partial charge in [0.1, 0.15) is 0 Å². The molecule has 5 heteroatoms. The van der Waals surface area contributed by atoms with Crippen LogP contribution in [0.4, 0.5) is 5.69 Å². The molecule has 1 aromatic heterocycles. The average Bonchev–Trinajstić information content (AvgIpc) is 2.98. The number of thiophene rings is 1. The van der Waals surface area contributed by atoms with Crippen molar-refractivity contribution in [2.24, 2.45) is 0 Å². The van der Waals surface area contributed by atoms with E-state index in [0.717, 1.165) is 4.88 Å². The van der Waals surface area contributed by atoms with Crippen LogP contribution >= 0.6 is 11.3 Å². The summed E-state index contributed by atoms with van der Waals surface area (Å²) >= 11 is 1.56. The molecule has 0 atom stereocenters. The summed E-state index contributed by atoms with van der Waals surface area (Å²) in [6.45, 7) is 3.78. The first-order chi connectivity index (χ1) is 10.6. The molecule has 0 saturated heterocycles. The summed E-state index contributed by atoms with van der Waals surface area (Å²) in [4.78, 5) is 25.1. The van der Waals surface area contributed by atoms with Crippen LogP contribution in [0.1, 0.15) is 29.1 Å². The lowest BCUT2D eigenvalue weighted by Crippen LogP contribution is -2.30. The van der Waals surface area contributed by atoms with E-state index < -0.39 is 0 Å². The van der Waals surface area contributed by atoms with Crippen LogP contribution in [0.5, 0.6) is 0 Å². The summed E-state index contributed by atoms with van der Waals surface area (Å²) in [5.74, 6) is -0.466. The molecule has 0 unspecified atom stereocenters. The summed E-state index contributed by atoms with van der Waals surface area (Å²) in [5, 5.41) is 7.51. The fraction of sp³-hybridized carbons (Fsp3) is 0.176. The van der Waals surface area contributed by atoms with Crippen molar-refractivity contribution >= 4 is 34.9 Å². The lowest BCUT2D eigenvalue weighted by atomic mass is 10.1. The van der Waals surface area contributed by atoms with Gasteiger partial charge in [-0.2, -0.15) is 0 Å². The maximum absolute atomic E-state index is 12.1. The SMILES string of the molecule is CC(C)NC(=O)c1ccccc1NC(=O)/C=C/c1cccs1. The molecule has 2 rings (SSSR count). The highest BCUT2D eigenvalue weighted by atomic mass is 32.1. The Morgan fingerprint density at radius 1 is 1.14 bits per heavy atom. The maximum atomic E-state index is 12.1.